The van der Waals surface area contributed by atoms with Crippen LogP contribution in [-0.2, 0) is 28.5 Å². The van der Waals surface area contributed by atoms with Gasteiger partial charge in [-0.05, 0) is 19.1 Å². The van der Waals surface area contributed by atoms with E-state index >= 15 is 0 Å². The molecule has 0 bridgehead atoms. The topological polar surface area (TPSA) is 71.1 Å². The normalized spacial score (nSPS) is 26.7. The van der Waals surface area contributed by atoms with Crippen LogP contribution in [0.15, 0.2) is 12.2 Å². The average molecular weight is 258 g/mol. The molecule has 0 aromatic carbocycles. The first kappa shape index (κ1) is 14.7. The van der Waals surface area contributed by atoms with Gasteiger partial charge in [0.25, 0.3) is 0 Å². The molecule has 0 aromatic heterocycles. The summed E-state index contributed by atoms with van der Waals surface area (Å²) >= 11 is 0. The number of hydrogen-bond acceptors (Lipinski definition) is 6. The zero-order chi connectivity index (χ0) is 13.5. The minimum Gasteiger partial charge on any atom is -0.463 e. The highest BCUT2D eigenvalue weighted by Crippen LogP contribution is 2.17. The molecule has 1 aliphatic rings. The Bertz CT molecular complexity index is 325. The SMILES string of the molecule is CCO[C@@H]1C=C[C@H](OC(C)=O)[C@@H](COC(C)=O)O1. The summed E-state index contributed by atoms with van der Waals surface area (Å²) < 4.78 is 20.8. The first-order valence-corrected chi connectivity index (χ1v) is 5.79. The van der Waals surface area contributed by atoms with Crippen molar-refractivity contribution in [2.45, 2.75) is 39.3 Å². The lowest BCUT2D eigenvalue weighted by Gasteiger charge is -2.31. The standard InChI is InChI=1S/C12H18O6/c1-4-15-12-6-5-10(17-9(3)14)11(18-12)7-16-8(2)13/h5-6,10-12H,4,7H2,1-3H3/t10-,11+,12-/m0/s1. The zero-order valence-corrected chi connectivity index (χ0v) is 10.8. The molecule has 0 N–H and O–H groups in total. The minimum atomic E-state index is -0.571. The van der Waals surface area contributed by atoms with Crippen molar-refractivity contribution in [1.82, 2.24) is 0 Å². The molecule has 0 saturated carbocycles. The van der Waals surface area contributed by atoms with Crippen LogP contribution >= 0.6 is 0 Å². The van der Waals surface area contributed by atoms with E-state index in [4.69, 9.17) is 18.9 Å². The Morgan fingerprint density at radius 3 is 2.50 bits per heavy atom. The first-order chi connectivity index (χ1) is 8.52. The van der Waals surface area contributed by atoms with E-state index in [2.05, 4.69) is 0 Å². The van der Waals surface area contributed by atoms with Gasteiger partial charge in [0.1, 0.15) is 18.8 Å². The Morgan fingerprint density at radius 1 is 1.22 bits per heavy atom. The predicted octanol–water partition coefficient (Wildman–Crippen LogP) is 0.799. The fourth-order valence-electron chi connectivity index (χ4n) is 1.52. The van der Waals surface area contributed by atoms with Gasteiger partial charge in [0.2, 0.25) is 0 Å². The molecule has 0 saturated heterocycles. The molecule has 18 heavy (non-hydrogen) atoms. The highest BCUT2D eigenvalue weighted by Gasteiger charge is 2.30. The van der Waals surface area contributed by atoms with Crippen LogP contribution in [0, 0.1) is 0 Å². The summed E-state index contributed by atoms with van der Waals surface area (Å²) in [6.45, 7) is 4.97. The molecule has 6 heteroatoms. The molecule has 6 nitrogen and oxygen atoms in total. The van der Waals surface area contributed by atoms with Gasteiger partial charge in [-0.25, -0.2) is 0 Å². The highest BCUT2D eigenvalue weighted by atomic mass is 16.7. The lowest BCUT2D eigenvalue weighted by atomic mass is 10.1. The van der Waals surface area contributed by atoms with Crippen molar-refractivity contribution in [1.29, 1.82) is 0 Å². The van der Waals surface area contributed by atoms with Crippen LogP contribution < -0.4 is 0 Å². The fraction of sp³-hybridized carbons (Fsp3) is 0.667. The molecular formula is C12H18O6. The maximum Gasteiger partial charge on any atom is 0.303 e. The second-order valence-corrected chi connectivity index (χ2v) is 3.76. The third-order valence-corrected chi connectivity index (χ3v) is 2.22. The van der Waals surface area contributed by atoms with E-state index in [0.29, 0.717) is 6.61 Å². The Kier molecular flexibility index (Phi) is 5.80. The third kappa shape index (κ3) is 4.85. The average Bonchev–Trinajstić information content (AvgIpc) is 2.28. The summed E-state index contributed by atoms with van der Waals surface area (Å²) in [7, 11) is 0. The van der Waals surface area contributed by atoms with Crippen LogP contribution in [0.5, 0.6) is 0 Å². The van der Waals surface area contributed by atoms with Crippen molar-refractivity contribution in [2.24, 2.45) is 0 Å². The molecule has 0 amide bonds. The van der Waals surface area contributed by atoms with Crippen LogP contribution in [-0.4, -0.2) is 43.7 Å². The number of esters is 2. The number of carbonyl (C=O) groups excluding carboxylic acids is 2. The predicted molar refractivity (Wildman–Crippen MR) is 61.6 cm³/mol. The van der Waals surface area contributed by atoms with E-state index in [-0.39, 0.29) is 6.61 Å². The van der Waals surface area contributed by atoms with E-state index in [0.717, 1.165) is 0 Å². The molecule has 0 fully saturated rings. The van der Waals surface area contributed by atoms with Gasteiger partial charge in [-0.3, -0.25) is 9.59 Å². The summed E-state index contributed by atoms with van der Waals surface area (Å²) in [6, 6.07) is 0. The van der Waals surface area contributed by atoms with Crippen molar-refractivity contribution in [2.75, 3.05) is 13.2 Å². The Hall–Kier alpha value is -1.40. The monoisotopic (exact) mass is 258 g/mol. The quantitative estimate of drug-likeness (QED) is 0.536. The lowest BCUT2D eigenvalue weighted by molar-refractivity contribution is -0.195. The second kappa shape index (κ2) is 7.13. The second-order valence-electron chi connectivity index (χ2n) is 3.76. The van der Waals surface area contributed by atoms with Gasteiger partial charge in [0, 0.05) is 20.5 Å². The molecule has 0 spiro atoms. The van der Waals surface area contributed by atoms with Crippen LogP contribution in [0.2, 0.25) is 0 Å². The van der Waals surface area contributed by atoms with Gasteiger partial charge in [-0.1, -0.05) is 0 Å². The van der Waals surface area contributed by atoms with E-state index < -0.39 is 30.4 Å². The number of carbonyl (C=O) groups is 2. The smallest absolute Gasteiger partial charge is 0.303 e. The van der Waals surface area contributed by atoms with E-state index in [9.17, 15) is 9.59 Å². The van der Waals surface area contributed by atoms with Gasteiger partial charge in [-0.2, -0.15) is 0 Å². The highest BCUT2D eigenvalue weighted by molar-refractivity contribution is 5.66. The third-order valence-electron chi connectivity index (χ3n) is 2.22. The van der Waals surface area contributed by atoms with Gasteiger partial charge < -0.3 is 18.9 Å². The lowest BCUT2D eigenvalue weighted by Crippen LogP contribution is -2.42. The largest absolute Gasteiger partial charge is 0.463 e. The van der Waals surface area contributed by atoms with Crippen LogP contribution in [0.1, 0.15) is 20.8 Å². The summed E-state index contributed by atoms with van der Waals surface area (Å²) in [5.74, 6) is -0.835. The zero-order valence-electron chi connectivity index (χ0n) is 10.8. The van der Waals surface area contributed by atoms with E-state index in [1.54, 1.807) is 12.2 Å². The maximum absolute atomic E-state index is 11.0. The van der Waals surface area contributed by atoms with Gasteiger partial charge >= 0.3 is 11.9 Å². The number of rotatable bonds is 5. The molecule has 0 radical (unpaired) electrons. The summed E-state index contributed by atoms with van der Waals surface area (Å²) in [5.41, 5.74) is 0. The molecule has 0 aromatic rings. The van der Waals surface area contributed by atoms with Crippen molar-refractivity contribution in [3.8, 4) is 0 Å². The molecule has 1 aliphatic heterocycles. The molecule has 1 heterocycles. The molecular weight excluding hydrogens is 240 g/mol. The molecule has 3 atom stereocenters. The van der Waals surface area contributed by atoms with Gasteiger partial charge in [-0.15, -0.1) is 0 Å². The van der Waals surface area contributed by atoms with Crippen LogP contribution in [0.3, 0.4) is 0 Å². The van der Waals surface area contributed by atoms with Gasteiger partial charge in [0.05, 0.1) is 0 Å². The van der Waals surface area contributed by atoms with Crippen molar-refractivity contribution >= 4 is 11.9 Å². The van der Waals surface area contributed by atoms with E-state index in [1.807, 2.05) is 6.92 Å². The Morgan fingerprint density at radius 2 is 1.94 bits per heavy atom. The van der Waals surface area contributed by atoms with Crippen molar-refractivity contribution in [3.05, 3.63) is 12.2 Å². The first-order valence-electron chi connectivity index (χ1n) is 5.79. The summed E-state index contributed by atoms with van der Waals surface area (Å²) in [4.78, 5) is 21.7. The van der Waals surface area contributed by atoms with Crippen LogP contribution in [0.25, 0.3) is 0 Å². The Balaban J connectivity index is 2.62. The van der Waals surface area contributed by atoms with Gasteiger partial charge in [0.15, 0.2) is 6.29 Å². The van der Waals surface area contributed by atoms with E-state index in [1.165, 1.54) is 13.8 Å². The maximum atomic E-state index is 11.0. The summed E-state index contributed by atoms with van der Waals surface area (Å²) in [5, 5.41) is 0. The number of hydrogen-bond donors (Lipinski definition) is 0. The fourth-order valence-corrected chi connectivity index (χ4v) is 1.52. The van der Waals surface area contributed by atoms with Crippen molar-refractivity contribution in [3.63, 3.8) is 0 Å². The summed E-state index contributed by atoms with van der Waals surface area (Å²) in [6.07, 6.45) is 1.71. The molecule has 1 rings (SSSR count). The molecule has 102 valence electrons. The molecule has 0 unspecified atom stereocenters. The molecule has 0 aliphatic carbocycles. The van der Waals surface area contributed by atoms with Crippen molar-refractivity contribution < 1.29 is 28.5 Å². The number of ether oxygens (including phenoxy) is 4. The van der Waals surface area contributed by atoms with Crippen LogP contribution in [0.4, 0.5) is 0 Å². The Labute approximate surface area is 106 Å². The minimum absolute atomic E-state index is 0.0151.